The van der Waals surface area contributed by atoms with Gasteiger partial charge in [0.25, 0.3) is 0 Å². The Labute approximate surface area is 91.6 Å². The fourth-order valence-corrected chi connectivity index (χ4v) is 1.41. The monoisotopic (exact) mass is 211 g/mol. The number of oxazole rings is 2. The van der Waals surface area contributed by atoms with Crippen molar-refractivity contribution in [2.24, 2.45) is 0 Å². The predicted octanol–water partition coefficient (Wildman–Crippen LogP) is 2.80. The number of hydrogen-bond donors (Lipinski definition) is 0. The van der Waals surface area contributed by atoms with Gasteiger partial charge < -0.3 is 8.83 Å². The van der Waals surface area contributed by atoms with Crippen molar-refractivity contribution in [1.82, 2.24) is 9.97 Å². The van der Waals surface area contributed by atoms with Crippen LogP contribution in [0.25, 0.3) is 22.9 Å². The van der Waals surface area contributed by atoms with Crippen LogP contribution in [0.5, 0.6) is 0 Å². The molecule has 0 amide bonds. The molecular weight excluding hydrogens is 204 g/mol. The summed E-state index contributed by atoms with van der Waals surface area (Å²) in [5.41, 5.74) is 1.68. The molecular formula is C12H7N2O2. The maximum absolute atomic E-state index is 5.18. The maximum Gasteiger partial charge on any atom is 0.226 e. The van der Waals surface area contributed by atoms with E-state index in [2.05, 4.69) is 16.0 Å². The van der Waals surface area contributed by atoms with Gasteiger partial charge >= 0.3 is 0 Å². The number of aromatic nitrogens is 2. The van der Waals surface area contributed by atoms with E-state index in [0.717, 1.165) is 11.1 Å². The van der Waals surface area contributed by atoms with Crippen LogP contribution in [0.4, 0.5) is 0 Å². The fraction of sp³-hybridized carbons (Fsp3) is 0. The van der Waals surface area contributed by atoms with Crippen molar-refractivity contribution >= 4 is 0 Å². The van der Waals surface area contributed by atoms with Crippen molar-refractivity contribution in [3.8, 4) is 22.9 Å². The molecule has 0 saturated carbocycles. The molecule has 3 aromatic rings. The summed E-state index contributed by atoms with van der Waals surface area (Å²) in [6.07, 6.45) is 6.28. The van der Waals surface area contributed by atoms with Gasteiger partial charge in [-0.2, -0.15) is 0 Å². The lowest BCUT2D eigenvalue weighted by Gasteiger charge is -1.96. The molecule has 0 fully saturated rings. The SMILES string of the molecule is [c]1cc(-c2ncco2)ccc1-c1ncco1. The minimum absolute atomic E-state index is 0.555. The Bertz CT molecular complexity index is 500. The van der Waals surface area contributed by atoms with E-state index in [-0.39, 0.29) is 0 Å². The molecule has 4 nitrogen and oxygen atoms in total. The first-order valence-electron chi connectivity index (χ1n) is 4.75. The van der Waals surface area contributed by atoms with Gasteiger partial charge in [0.2, 0.25) is 11.8 Å². The standard InChI is InChI=1S/C12H7N2O2/c1-2-10(12-14-6-8-16-12)4-3-9(1)11-13-5-7-15-11/h1-3,5-8H. The summed E-state index contributed by atoms with van der Waals surface area (Å²) in [6, 6.07) is 8.63. The molecule has 0 aliphatic heterocycles. The summed E-state index contributed by atoms with van der Waals surface area (Å²) >= 11 is 0. The Morgan fingerprint density at radius 1 is 0.938 bits per heavy atom. The molecule has 0 atom stereocenters. The Hall–Kier alpha value is -2.36. The van der Waals surface area contributed by atoms with Crippen LogP contribution in [0.3, 0.4) is 0 Å². The van der Waals surface area contributed by atoms with Crippen LogP contribution in [0.15, 0.2) is 52.0 Å². The zero-order valence-electron chi connectivity index (χ0n) is 8.25. The first kappa shape index (κ1) is 8.91. The largest absolute Gasteiger partial charge is 0.445 e. The highest BCUT2D eigenvalue weighted by Crippen LogP contribution is 2.21. The second kappa shape index (κ2) is 3.66. The van der Waals surface area contributed by atoms with Crippen LogP contribution in [0, 0.1) is 6.07 Å². The highest BCUT2D eigenvalue weighted by Gasteiger charge is 2.05. The number of hydrogen-bond acceptors (Lipinski definition) is 4. The molecule has 16 heavy (non-hydrogen) atoms. The van der Waals surface area contributed by atoms with E-state index in [1.807, 2.05) is 12.1 Å². The normalized spacial score (nSPS) is 10.5. The van der Waals surface area contributed by atoms with Crippen molar-refractivity contribution in [1.29, 1.82) is 0 Å². The third-order valence-electron chi connectivity index (χ3n) is 2.15. The molecule has 0 aliphatic rings. The molecule has 4 heteroatoms. The third kappa shape index (κ3) is 1.50. The Kier molecular flexibility index (Phi) is 2.04. The van der Waals surface area contributed by atoms with Crippen LogP contribution in [-0.4, -0.2) is 9.97 Å². The molecule has 0 spiro atoms. The molecule has 2 heterocycles. The fourth-order valence-electron chi connectivity index (χ4n) is 1.41. The minimum atomic E-state index is 0.555. The van der Waals surface area contributed by atoms with E-state index in [1.54, 1.807) is 18.5 Å². The summed E-state index contributed by atoms with van der Waals surface area (Å²) in [5.74, 6) is 1.13. The summed E-state index contributed by atoms with van der Waals surface area (Å²) in [4.78, 5) is 8.10. The van der Waals surface area contributed by atoms with Gasteiger partial charge in [-0.15, -0.1) is 0 Å². The van der Waals surface area contributed by atoms with Gasteiger partial charge in [0.05, 0.1) is 12.4 Å². The molecule has 3 rings (SSSR count). The van der Waals surface area contributed by atoms with Crippen LogP contribution in [0.1, 0.15) is 0 Å². The van der Waals surface area contributed by atoms with Crippen LogP contribution in [0.2, 0.25) is 0 Å². The van der Waals surface area contributed by atoms with Gasteiger partial charge in [0.15, 0.2) is 0 Å². The van der Waals surface area contributed by atoms with Gasteiger partial charge in [-0.3, -0.25) is 0 Å². The third-order valence-corrected chi connectivity index (χ3v) is 2.15. The van der Waals surface area contributed by atoms with Crippen molar-refractivity contribution in [2.45, 2.75) is 0 Å². The zero-order chi connectivity index (χ0) is 10.8. The van der Waals surface area contributed by atoms with Gasteiger partial charge in [0, 0.05) is 11.1 Å². The van der Waals surface area contributed by atoms with E-state index in [4.69, 9.17) is 8.83 Å². The summed E-state index contributed by atoms with van der Waals surface area (Å²) in [6.45, 7) is 0. The molecule has 1 radical (unpaired) electrons. The van der Waals surface area contributed by atoms with E-state index >= 15 is 0 Å². The average Bonchev–Trinajstić information content (AvgIpc) is 3.03. The van der Waals surface area contributed by atoms with Crippen LogP contribution < -0.4 is 0 Å². The number of rotatable bonds is 2. The predicted molar refractivity (Wildman–Crippen MR) is 56.3 cm³/mol. The molecule has 0 aliphatic carbocycles. The molecule has 0 saturated heterocycles. The average molecular weight is 211 g/mol. The van der Waals surface area contributed by atoms with Crippen molar-refractivity contribution in [3.63, 3.8) is 0 Å². The van der Waals surface area contributed by atoms with Gasteiger partial charge in [-0.1, -0.05) is 0 Å². The van der Waals surface area contributed by atoms with Crippen molar-refractivity contribution in [3.05, 3.63) is 49.2 Å². The molecule has 77 valence electrons. The maximum atomic E-state index is 5.18. The van der Waals surface area contributed by atoms with E-state index in [1.165, 1.54) is 12.5 Å². The molecule has 1 aromatic carbocycles. The first-order chi connectivity index (χ1) is 7.93. The summed E-state index contributed by atoms with van der Waals surface area (Å²) < 4.78 is 10.3. The van der Waals surface area contributed by atoms with E-state index in [9.17, 15) is 0 Å². The highest BCUT2D eigenvalue weighted by molar-refractivity contribution is 5.60. The van der Waals surface area contributed by atoms with Gasteiger partial charge in [0.1, 0.15) is 12.5 Å². The Morgan fingerprint density at radius 2 is 1.69 bits per heavy atom. The smallest absolute Gasteiger partial charge is 0.226 e. The second-order valence-electron chi connectivity index (χ2n) is 3.17. The second-order valence-corrected chi connectivity index (χ2v) is 3.17. The van der Waals surface area contributed by atoms with Crippen molar-refractivity contribution in [2.75, 3.05) is 0 Å². The molecule has 0 unspecified atom stereocenters. The minimum Gasteiger partial charge on any atom is -0.445 e. The lowest BCUT2D eigenvalue weighted by atomic mass is 10.1. The Morgan fingerprint density at radius 3 is 2.25 bits per heavy atom. The summed E-state index contributed by atoms with van der Waals surface area (Å²) in [5, 5.41) is 0. The number of nitrogens with zero attached hydrogens (tertiary/aromatic N) is 2. The molecule has 0 bridgehead atoms. The zero-order valence-corrected chi connectivity index (χ0v) is 8.25. The lowest BCUT2D eigenvalue weighted by molar-refractivity contribution is 0.572. The number of benzene rings is 1. The van der Waals surface area contributed by atoms with Crippen LogP contribution in [-0.2, 0) is 0 Å². The topological polar surface area (TPSA) is 52.1 Å². The molecule has 0 N–H and O–H groups in total. The van der Waals surface area contributed by atoms with E-state index in [0.29, 0.717) is 11.8 Å². The van der Waals surface area contributed by atoms with Gasteiger partial charge in [-0.25, -0.2) is 9.97 Å². The first-order valence-corrected chi connectivity index (χ1v) is 4.75. The molecule has 2 aromatic heterocycles. The summed E-state index contributed by atoms with van der Waals surface area (Å²) in [7, 11) is 0. The highest BCUT2D eigenvalue weighted by atomic mass is 16.3. The van der Waals surface area contributed by atoms with Gasteiger partial charge in [-0.05, 0) is 24.3 Å². The quantitative estimate of drug-likeness (QED) is 0.654. The van der Waals surface area contributed by atoms with Crippen LogP contribution >= 0.6 is 0 Å². The van der Waals surface area contributed by atoms with Crippen molar-refractivity contribution < 1.29 is 8.83 Å². The Balaban J connectivity index is 1.97. The lowest BCUT2D eigenvalue weighted by Crippen LogP contribution is -1.80. The van der Waals surface area contributed by atoms with E-state index < -0.39 is 0 Å².